The summed E-state index contributed by atoms with van der Waals surface area (Å²) in [5.74, 6) is 2.14. The third kappa shape index (κ3) is 4.46. The summed E-state index contributed by atoms with van der Waals surface area (Å²) in [4.78, 5) is 14.6. The molecule has 1 aliphatic heterocycles. The fourth-order valence-corrected chi connectivity index (χ4v) is 3.61. The number of aryl methyl sites for hydroxylation is 1. The van der Waals surface area contributed by atoms with Crippen molar-refractivity contribution in [2.24, 2.45) is 0 Å². The number of carbonyl (C=O) groups is 1. The van der Waals surface area contributed by atoms with Crippen LogP contribution in [0.2, 0.25) is 0 Å². The summed E-state index contributed by atoms with van der Waals surface area (Å²) in [7, 11) is 1.68. The van der Waals surface area contributed by atoms with Gasteiger partial charge in [0.15, 0.2) is 0 Å². The lowest BCUT2D eigenvalue weighted by Gasteiger charge is -2.17. The molecule has 1 aliphatic rings. The summed E-state index contributed by atoms with van der Waals surface area (Å²) < 4.78 is 5.22. The van der Waals surface area contributed by atoms with Crippen LogP contribution >= 0.6 is 0 Å². The van der Waals surface area contributed by atoms with E-state index in [0.717, 1.165) is 31.7 Å². The minimum atomic E-state index is 0.272. The predicted octanol–water partition coefficient (Wildman–Crippen LogP) is 4.77. The van der Waals surface area contributed by atoms with E-state index in [0.29, 0.717) is 18.3 Å². The zero-order chi connectivity index (χ0) is 18.5. The molecule has 1 fully saturated rings. The molecule has 3 heteroatoms. The Bertz CT molecular complexity index is 719. The van der Waals surface area contributed by atoms with E-state index in [4.69, 9.17) is 4.74 Å². The molecular weight excluding hydrogens is 322 g/mol. The molecule has 0 bridgehead atoms. The van der Waals surface area contributed by atoms with E-state index in [-0.39, 0.29) is 5.91 Å². The summed E-state index contributed by atoms with van der Waals surface area (Å²) in [6.45, 7) is 6.09. The molecule has 1 saturated heterocycles. The van der Waals surface area contributed by atoms with Crippen molar-refractivity contribution in [3.05, 3.63) is 65.2 Å². The summed E-state index contributed by atoms with van der Waals surface area (Å²) >= 11 is 0. The van der Waals surface area contributed by atoms with Gasteiger partial charge in [-0.25, -0.2) is 0 Å². The van der Waals surface area contributed by atoms with Crippen LogP contribution in [0.3, 0.4) is 0 Å². The molecule has 3 rings (SSSR count). The molecule has 138 valence electrons. The van der Waals surface area contributed by atoms with Gasteiger partial charge >= 0.3 is 0 Å². The summed E-state index contributed by atoms with van der Waals surface area (Å²) in [6.07, 6.45) is 2.46. The van der Waals surface area contributed by atoms with E-state index >= 15 is 0 Å². The number of carbonyl (C=O) groups excluding carboxylic acids is 1. The highest BCUT2D eigenvalue weighted by Crippen LogP contribution is 2.29. The molecule has 3 nitrogen and oxygen atoms in total. The van der Waals surface area contributed by atoms with Crippen LogP contribution in [0.25, 0.3) is 0 Å². The normalized spacial score (nSPS) is 16.9. The van der Waals surface area contributed by atoms with Crippen LogP contribution in [0.4, 0.5) is 0 Å². The van der Waals surface area contributed by atoms with Crippen LogP contribution in [-0.2, 0) is 11.2 Å². The van der Waals surface area contributed by atoms with Gasteiger partial charge in [-0.2, -0.15) is 0 Å². The van der Waals surface area contributed by atoms with Crippen molar-refractivity contribution < 1.29 is 9.53 Å². The number of rotatable bonds is 6. The quantitative estimate of drug-likeness (QED) is 0.750. The highest BCUT2D eigenvalue weighted by molar-refractivity contribution is 5.76. The first-order valence-electron chi connectivity index (χ1n) is 9.57. The van der Waals surface area contributed by atoms with Gasteiger partial charge in [-0.1, -0.05) is 50.2 Å². The highest BCUT2D eigenvalue weighted by atomic mass is 16.5. The van der Waals surface area contributed by atoms with Gasteiger partial charge in [0.25, 0.3) is 0 Å². The number of nitrogens with zero attached hydrogens (tertiary/aromatic N) is 1. The standard InChI is InChI=1S/C23H29NO2/c1-17(2)19-7-4-18(5-8-19)6-13-23(25)24-15-14-21(16-24)20-9-11-22(26-3)12-10-20/h4-5,7-12,17,21H,6,13-16H2,1-3H3. The van der Waals surface area contributed by atoms with Crippen LogP contribution in [0, 0.1) is 0 Å². The molecule has 1 heterocycles. The van der Waals surface area contributed by atoms with Crippen molar-refractivity contribution in [2.45, 2.75) is 44.9 Å². The summed E-state index contributed by atoms with van der Waals surface area (Å²) in [6, 6.07) is 16.9. The van der Waals surface area contributed by atoms with Crippen molar-refractivity contribution in [1.82, 2.24) is 4.90 Å². The Morgan fingerprint density at radius 3 is 2.42 bits per heavy atom. The maximum atomic E-state index is 12.6. The average molecular weight is 351 g/mol. The van der Waals surface area contributed by atoms with E-state index < -0.39 is 0 Å². The molecule has 1 atom stereocenters. The van der Waals surface area contributed by atoms with E-state index in [9.17, 15) is 4.79 Å². The summed E-state index contributed by atoms with van der Waals surface area (Å²) in [5, 5.41) is 0. The average Bonchev–Trinajstić information content (AvgIpc) is 3.17. The Kier molecular flexibility index (Phi) is 5.97. The van der Waals surface area contributed by atoms with Gasteiger partial charge in [-0.3, -0.25) is 4.79 Å². The van der Waals surface area contributed by atoms with Gasteiger partial charge in [0.2, 0.25) is 5.91 Å². The van der Waals surface area contributed by atoms with Crippen molar-refractivity contribution in [3.8, 4) is 5.75 Å². The fourth-order valence-electron chi connectivity index (χ4n) is 3.61. The van der Waals surface area contributed by atoms with Gasteiger partial charge in [0.1, 0.15) is 5.75 Å². The molecule has 0 aromatic heterocycles. The third-order valence-corrected chi connectivity index (χ3v) is 5.40. The Morgan fingerprint density at radius 1 is 1.12 bits per heavy atom. The Hall–Kier alpha value is -2.29. The van der Waals surface area contributed by atoms with Gasteiger partial charge in [0, 0.05) is 25.4 Å². The Balaban J connectivity index is 1.51. The van der Waals surface area contributed by atoms with Crippen LogP contribution in [-0.4, -0.2) is 31.0 Å². The number of methoxy groups -OCH3 is 1. The number of amides is 1. The van der Waals surface area contributed by atoms with Crippen molar-refractivity contribution in [3.63, 3.8) is 0 Å². The maximum Gasteiger partial charge on any atom is 0.222 e. The zero-order valence-corrected chi connectivity index (χ0v) is 16.1. The molecule has 0 saturated carbocycles. The predicted molar refractivity (Wildman–Crippen MR) is 106 cm³/mol. The van der Waals surface area contributed by atoms with E-state index in [2.05, 4.69) is 50.2 Å². The molecule has 1 unspecified atom stereocenters. The van der Waals surface area contributed by atoms with Crippen LogP contribution in [0.15, 0.2) is 48.5 Å². The van der Waals surface area contributed by atoms with Crippen LogP contribution in [0.5, 0.6) is 5.75 Å². The van der Waals surface area contributed by atoms with Crippen molar-refractivity contribution in [2.75, 3.05) is 20.2 Å². The minimum Gasteiger partial charge on any atom is -0.497 e. The fraction of sp³-hybridized carbons (Fsp3) is 0.435. The van der Waals surface area contributed by atoms with Gasteiger partial charge in [-0.05, 0) is 47.6 Å². The topological polar surface area (TPSA) is 29.5 Å². The molecule has 0 N–H and O–H groups in total. The van der Waals surface area contributed by atoms with E-state index in [1.807, 2.05) is 17.0 Å². The first kappa shape index (κ1) is 18.5. The highest BCUT2D eigenvalue weighted by Gasteiger charge is 2.26. The lowest BCUT2D eigenvalue weighted by molar-refractivity contribution is -0.130. The number of hydrogen-bond donors (Lipinski definition) is 0. The molecule has 2 aromatic rings. The van der Waals surface area contributed by atoms with E-state index in [1.54, 1.807) is 7.11 Å². The monoisotopic (exact) mass is 351 g/mol. The Labute approximate surface area is 157 Å². The lowest BCUT2D eigenvalue weighted by Crippen LogP contribution is -2.28. The van der Waals surface area contributed by atoms with Gasteiger partial charge in [-0.15, -0.1) is 0 Å². The van der Waals surface area contributed by atoms with Gasteiger partial charge < -0.3 is 9.64 Å². The van der Waals surface area contributed by atoms with Crippen molar-refractivity contribution >= 4 is 5.91 Å². The molecule has 0 radical (unpaired) electrons. The molecule has 0 spiro atoms. The largest absolute Gasteiger partial charge is 0.497 e. The molecule has 0 aliphatic carbocycles. The second kappa shape index (κ2) is 8.39. The zero-order valence-electron chi connectivity index (χ0n) is 16.1. The number of benzene rings is 2. The Morgan fingerprint density at radius 2 is 1.81 bits per heavy atom. The molecule has 2 aromatic carbocycles. The summed E-state index contributed by atoms with van der Waals surface area (Å²) in [5.41, 5.74) is 3.89. The number of likely N-dealkylation sites (tertiary alicyclic amines) is 1. The van der Waals surface area contributed by atoms with Crippen molar-refractivity contribution in [1.29, 1.82) is 0 Å². The first-order chi connectivity index (χ1) is 12.6. The molecular formula is C23H29NO2. The van der Waals surface area contributed by atoms with E-state index in [1.165, 1.54) is 16.7 Å². The molecule has 1 amide bonds. The van der Waals surface area contributed by atoms with Gasteiger partial charge in [0.05, 0.1) is 7.11 Å². The number of ether oxygens (including phenoxy) is 1. The maximum absolute atomic E-state index is 12.6. The van der Waals surface area contributed by atoms with Crippen LogP contribution < -0.4 is 4.74 Å². The first-order valence-corrected chi connectivity index (χ1v) is 9.57. The third-order valence-electron chi connectivity index (χ3n) is 5.40. The van der Waals surface area contributed by atoms with Crippen LogP contribution in [0.1, 0.15) is 55.2 Å². The second-order valence-corrected chi connectivity index (χ2v) is 7.49. The molecule has 26 heavy (non-hydrogen) atoms. The SMILES string of the molecule is COc1ccc(C2CCN(C(=O)CCc3ccc(C(C)C)cc3)C2)cc1. The number of hydrogen-bond acceptors (Lipinski definition) is 2. The second-order valence-electron chi connectivity index (χ2n) is 7.49. The minimum absolute atomic E-state index is 0.272. The lowest BCUT2D eigenvalue weighted by atomic mass is 9.98. The smallest absolute Gasteiger partial charge is 0.222 e.